The van der Waals surface area contributed by atoms with Crippen LogP contribution < -0.4 is 0 Å². The third-order valence-corrected chi connectivity index (χ3v) is 7.45. The molecule has 0 spiro atoms. The zero-order chi connectivity index (χ0) is 21.4. The summed E-state index contributed by atoms with van der Waals surface area (Å²) >= 11 is 12.1. The van der Waals surface area contributed by atoms with Gasteiger partial charge in [-0.2, -0.15) is 0 Å². The standard InChI is InChI=1S/C22H26Cl2N2O4/c23-13-5-7-15-17(11-13)21(29)25(19(15)27)9-3-1-2-4-10-26-20(28)16-8-6-14(24)12-18(16)22(26)30/h5-6,15-18H,1-4,7-12H2/t15-,16+,17+,18-. The molecule has 0 aromatic carbocycles. The number of imide groups is 2. The SMILES string of the molecule is O=C1[C@H]2CC(Cl)=CC[C@H]2C(=O)N1CCCCCCN1C(=O)[C@H]2CC=C(Cl)C[C@H]2C1=O. The molecule has 0 unspecified atom stereocenters. The van der Waals surface area contributed by atoms with Gasteiger partial charge in [0.25, 0.3) is 0 Å². The molecule has 0 radical (unpaired) electrons. The van der Waals surface area contributed by atoms with Gasteiger partial charge in [0.2, 0.25) is 23.6 Å². The molecular formula is C22H26Cl2N2O4. The Balaban J connectivity index is 1.18. The molecule has 2 fully saturated rings. The van der Waals surface area contributed by atoms with Crippen LogP contribution >= 0.6 is 23.2 Å². The fraction of sp³-hybridized carbons (Fsp3) is 0.636. The van der Waals surface area contributed by atoms with Gasteiger partial charge in [-0.15, -0.1) is 0 Å². The average molecular weight is 453 g/mol. The minimum Gasteiger partial charge on any atom is -0.282 e. The molecule has 4 aliphatic rings. The second-order valence-electron chi connectivity index (χ2n) is 8.68. The quantitative estimate of drug-likeness (QED) is 0.436. The van der Waals surface area contributed by atoms with Crippen LogP contribution in [-0.4, -0.2) is 46.5 Å². The van der Waals surface area contributed by atoms with E-state index < -0.39 is 0 Å². The Kier molecular flexibility index (Phi) is 6.35. The molecule has 0 aromatic heterocycles. The summed E-state index contributed by atoms with van der Waals surface area (Å²) in [5.41, 5.74) is 0. The fourth-order valence-electron chi connectivity index (χ4n) is 5.13. The molecule has 6 nitrogen and oxygen atoms in total. The number of allylic oxidation sites excluding steroid dienone is 4. The summed E-state index contributed by atoms with van der Waals surface area (Å²) in [6, 6.07) is 0. The largest absolute Gasteiger partial charge is 0.282 e. The van der Waals surface area contributed by atoms with Gasteiger partial charge in [0.05, 0.1) is 23.7 Å². The maximum absolute atomic E-state index is 12.5. The van der Waals surface area contributed by atoms with Crippen LogP contribution in [0.4, 0.5) is 0 Å². The number of carbonyl (C=O) groups is 4. The predicted octanol–water partition coefficient (Wildman–Crippen LogP) is 3.58. The summed E-state index contributed by atoms with van der Waals surface area (Å²) in [6.45, 7) is 0.857. The van der Waals surface area contributed by atoms with Crippen molar-refractivity contribution < 1.29 is 19.2 Å². The zero-order valence-electron chi connectivity index (χ0n) is 16.8. The molecule has 162 valence electrons. The monoisotopic (exact) mass is 452 g/mol. The normalized spacial score (nSPS) is 31.1. The third kappa shape index (κ3) is 3.96. The van der Waals surface area contributed by atoms with Crippen LogP contribution in [0.2, 0.25) is 0 Å². The number of hydrogen-bond donors (Lipinski definition) is 0. The average Bonchev–Trinajstić information content (AvgIpc) is 3.09. The molecule has 4 amide bonds. The molecule has 0 bridgehead atoms. The zero-order valence-corrected chi connectivity index (χ0v) is 18.3. The molecule has 4 rings (SSSR count). The van der Waals surface area contributed by atoms with E-state index in [9.17, 15) is 19.2 Å². The van der Waals surface area contributed by atoms with Gasteiger partial charge in [-0.05, 0) is 38.5 Å². The summed E-state index contributed by atoms with van der Waals surface area (Å²) in [5, 5.41) is 1.34. The number of rotatable bonds is 7. The van der Waals surface area contributed by atoms with E-state index in [1.165, 1.54) is 9.80 Å². The van der Waals surface area contributed by atoms with Crippen LogP contribution in [-0.2, 0) is 19.2 Å². The Hall–Kier alpha value is -1.66. The van der Waals surface area contributed by atoms with Gasteiger partial charge in [0.15, 0.2) is 0 Å². The van der Waals surface area contributed by atoms with Crippen molar-refractivity contribution in [2.75, 3.05) is 13.1 Å². The second kappa shape index (κ2) is 8.83. The molecule has 2 saturated heterocycles. The van der Waals surface area contributed by atoms with Crippen molar-refractivity contribution in [3.05, 3.63) is 22.2 Å². The highest BCUT2D eigenvalue weighted by molar-refractivity contribution is 6.30. The Labute approximate surface area is 186 Å². The van der Waals surface area contributed by atoms with Gasteiger partial charge in [-0.25, -0.2) is 0 Å². The molecule has 0 N–H and O–H groups in total. The second-order valence-corrected chi connectivity index (χ2v) is 9.65. The van der Waals surface area contributed by atoms with E-state index in [1.807, 2.05) is 12.2 Å². The van der Waals surface area contributed by atoms with Gasteiger partial charge in [0.1, 0.15) is 0 Å². The highest BCUT2D eigenvalue weighted by atomic mass is 35.5. The number of fused-ring (bicyclic) bond motifs is 2. The van der Waals surface area contributed by atoms with E-state index >= 15 is 0 Å². The summed E-state index contributed by atoms with van der Waals surface area (Å²) in [6.07, 6.45) is 8.84. The smallest absolute Gasteiger partial charge is 0.233 e. The number of hydrogen-bond acceptors (Lipinski definition) is 4. The van der Waals surface area contributed by atoms with Gasteiger partial charge >= 0.3 is 0 Å². The Morgan fingerprint density at radius 3 is 1.40 bits per heavy atom. The van der Waals surface area contributed by atoms with Gasteiger partial charge in [0, 0.05) is 23.2 Å². The molecule has 2 aliphatic heterocycles. The van der Waals surface area contributed by atoms with Crippen LogP contribution in [0.15, 0.2) is 22.2 Å². The van der Waals surface area contributed by atoms with E-state index in [0.717, 1.165) is 25.7 Å². The molecule has 4 atom stereocenters. The van der Waals surface area contributed by atoms with E-state index in [2.05, 4.69) is 0 Å². The minimum atomic E-state index is -0.297. The highest BCUT2D eigenvalue weighted by Crippen LogP contribution is 2.40. The lowest BCUT2D eigenvalue weighted by Gasteiger charge is -2.17. The van der Waals surface area contributed by atoms with Crippen LogP contribution in [0.5, 0.6) is 0 Å². The molecular weight excluding hydrogens is 427 g/mol. The van der Waals surface area contributed by atoms with E-state index in [0.29, 0.717) is 48.8 Å². The van der Waals surface area contributed by atoms with Crippen molar-refractivity contribution in [1.82, 2.24) is 9.80 Å². The molecule has 0 saturated carbocycles. The highest BCUT2D eigenvalue weighted by Gasteiger charge is 2.49. The number of carbonyl (C=O) groups excluding carboxylic acids is 4. The van der Waals surface area contributed by atoms with Crippen LogP contribution in [0.1, 0.15) is 51.4 Å². The maximum Gasteiger partial charge on any atom is 0.233 e. The Bertz CT molecular complexity index is 769. The Morgan fingerprint density at radius 2 is 1.00 bits per heavy atom. The lowest BCUT2D eigenvalue weighted by molar-refractivity contribution is -0.141. The number of halogens is 2. The predicted molar refractivity (Wildman–Crippen MR) is 112 cm³/mol. The number of likely N-dealkylation sites (tertiary alicyclic amines) is 2. The lowest BCUT2D eigenvalue weighted by atomic mass is 9.85. The topological polar surface area (TPSA) is 74.8 Å². The van der Waals surface area contributed by atoms with E-state index in [1.54, 1.807) is 0 Å². The van der Waals surface area contributed by atoms with Crippen molar-refractivity contribution in [2.24, 2.45) is 23.7 Å². The summed E-state index contributed by atoms with van der Waals surface area (Å²) < 4.78 is 0. The van der Waals surface area contributed by atoms with E-state index in [-0.39, 0.29) is 47.3 Å². The first-order chi connectivity index (χ1) is 14.4. The van der Waals surface area contributed by atoms with Gasteiger partial charge < -0.3 is 0 Å². The first kappa shape index (κ1) is 21.6. The molecule has 2 aliphatic carbocycles. The minimum absolute atomic E-state index is 0.0754. The van der Waals surface area contributed by atoms with E-state index in [4.69, 9.17) is 23.2 Å². The van der Waals surface area contributed by atoms with Gasteiger partial charge in [-0.1, -0.05) is 48.2 Å². The molecule has 2 heterocycles. The maximum atomic E-state index is 12.5. The van der Waals surface area contributed by atoms with Gasteiger partial charge in [-0.3, -0.25) is 29.0 Å². The first-order valence-electron chi connectivity index (χ1n) is 10.8. The third-order valence-electron chi connectivity index (χ3n) is 6.83. The fourth-order valence-corrected chi connectivity index (χ4v) is 5.64. The van der Waals surface area contributed by atoms with Crippen LogP contribution in [0, 0.1) is 23.7 Å². The lowest BCUT2D eigenvalue weighted by Crippen LogP contribution is -2.32. The van der Waals surface area contributed by atoms with Crippen molar-refractivity contribution in [3.8, 4) is 0 Å². The Morgan fingerprint density at radius 1 is 0.633 bits per heavy atom. The molecule has 8 heteroatoms. The van der Waals surface area contributed by atoms with Crippen molar-refractivity contribution in [1.29, 1.82) is 0 Å². The molecule has 0 aromatic rings. The van der Waals surface area contributed by atoms with Crippen molar-refractivity contribution in [3.63, 3.8) is 0 Å². The van der Waals surface area contributed by atoms with Crippen LogP contribution in [0.3, 0.4) is 0 Å². The number of amides is 4. The summed E-state index contributed by atoms with van der Waals surface area (Å²) in [7, 11) is 0. The summed E-state index contributed by atoms with van der Waals surface area (Å²) in [5.74, 6) is -1.44. The summed E-state index contributed by atoms with van der Waals surface area (Å²) in [4.78, 5) is 52.9. The van der Waals surface area contributed by atoms with Crippen molar-refractivity contribution >= 4 is 46.8 Å². The number of unbranched alkanes of at least 4 members (excludes halogenated alkanes) is 3. The first-order valence-corrected chi connectivity index (χ1v) is 11.5. The molecule has 30 heavy (non-hydrogen) atoms. The number of nitrogens with zero attached hydrogens (tertiary/aromatic N) is 2. The van der Waals surface area contributed by atoms with Crippen LogP contribution in [0.25, 0.3) is 0 Å². The van der Waals surface area contributed by atoms with Crippen molar-refractivity contribution in [2.45, 2.75) is 51.4 Å².